The molecule has 0 aliphatic carbocycles. The first kappa shape index (κ1) is 14.7. The van der Waals surface area contributed by atoms with Crippen molar-refractivity contribution in [3.8, 4) is 11.5 Å². The van der Waals surface area contributed by atoms with E-state index in [1.165, 1.54) is 0 Å². The highest BCUT2D eigenvalue weighted by atomic mass is 16.5. The van der Waals surface area contributed by atoms with Crippen molar-refractivity contribution >= 4 is 5.97 Å². The van der Waals surface area contributed by atoms with Crippen molar-refractivity contribution < 1.29 is 19.4 Å². The van der Waals surface area contributed by atoms with Crippen LogP contribution in [-0.4, -0.2) is 43.3 Å². The molecule has 110 valence electrons. The molecule has 1 atom stereocenters. The van der Waals surface area contributed by atoms with Crippen LogP contribution in [0.5, 0.6) is 11.5 Å². The average molecular weight is 279 g/mol. The summed E-state index contributed by atoms with van der Waals surface area (Å²) in [4.78, 5) is 13.4. The van der Waals surface area contributed by atoms with E-state index >= 15 is 0 Å². The molecule has 1 fully saturated rings. The number of carboxylic acid groups (broad SMARTS) is 1. The van der Waals surface area contributed by atoms with Crippen LogP contribution in [0.25, 0.3) is 0 Å². The molecule has 5 heteroatoms. The van der Waals surface area contributed by atoms with E-state index in [9.17, 15) is 9.90 Å². The molecule has 20 heavy (non-hydrogen) atoms. The third-order valence-corrected chi connectivity index (χ3v) is 3.95. The first-order valence-corrected chi connectivity index (χ1v) is 6.65. The van der Waals surface area contributed by atoms with Crippen LogP contribution < -0.4 is 9.47 Å². The molecule has 5 nitrogen and oxygen atoms in total. The molecule has 2 rings (SSSR count). The predicted octanol–water partition coefficient (Wildman–Crippen LogP) is 2.00. The van der Waals surface area contributed by atoms with E-state index in [0.29, 0.717) is 19.5 Å². The lowest BCUT2D eigenvalue weighted by Gasteiger charge is -2.21. The Labute approximate surface area is 119 Å². The lowest BCUT2D eigenvalue weighted by molar-refractivity contribution is -0.147. The molecular formula is C15H21NO4. The van der Waals surface area contributed by atoms with Gasteiger partial charge in [0.05, 0.1) is 19.6 Å². The molecule has 0 amide bonds. The third kappa shape index (κ3) is 2.88. The maximum Gasteiger partial charge on any atom is 0.310 e. The van der Waals surface area contributed by atoms with Gasteiger partial charge in [0.25, 0.3) is 0 Å². The summed E-state index contributed by atoms with van der Waals surface area (Å²) in [6.07, 6.45) is 0.675. The minimum atomic E-state index is -0.724. The van der Waals surface area contributed by atoms with Crippen molar-refractivity contribution in [2.45, 2.75) is 19.9 Å². The zero-order valence-corrected chi connectivity index (χ0v) is 12.2. The van der Waals surface area contributed by atoms with Gasteiger partial charge in [0.2, 0.25) is 0 Å². The van der Waals surface area contributed by atoms with Gasteiger partial charge in [0.15, 0.2) is 0 Å². The molecule has 0 saturated carbocycles. The fourth-order valence-electron chi connectivity index (χ4n) is 2.61. The first-order chi connectivity index (χ1) is 9.48. The van der Waals surface area contributed by atoms with Gasteiger partial charge in [-0.25, -0.2) is 0 Å². The van der Waals surface area contributed by atoms with Crippen LogP contribution in [-0.2, 0) is 11.3 Å². The van der Waals surface area contributed by atoms with Crippen LogP contribution >= 0.6 is 0 Å². The Hall–Kier alpha value is -1.75. The van der Waals surface area contributed by atoms with E-state index in [0.717, 1.165) is 23.6 Å². The van der Waals surface area contributed by atoms with Gasteiger partial charge >= 0.3 is 5.97 Å². The molecule has 1 aliphatic heterocycles. The van der Waals surface area contributed by atoms with E-state index < -0.39 is 11.4 Å². The monoisotopic (exact) mass is 279 g/mol. The van der Waals surface area contributed by atoms with E-state index in [2.05, 4.69) is 4.90 Å². The van der Waals surface area contributed by atoms with Crippen LogP contribution in [0.4, 0.5) is 0 Å². The van der Waals surface area contributed by atoms with Crippen LogP contribution in [0.3, 0.4) is 0 Å². The second kappa shape index (κ2) is 5.71. The van der Waals surface area contributed by atoms with Gasteiger partial charge in [0, 0.05) is 18.7 Å². The summed E-state index contributed by atoms with van der Waals surface area (Å²) in [6.45, 7) is 3.81. The number of nitrogens with zero attached hydrogens (tertiary/aromatic N) is 1. The van der Waals surface area contributed by atoms with Crippen molar-refractivity contribution in [3.05, 3.63) is 23.8 Å². The van der Waals surface area contributed by atoms with E-state index in [-0.39, 0.29) is 0 Å². The van der Waals surface area contributed by atoms with Crippen molar-refractivity contribution in [1.82, 2.24) is 4.90 Å². The Morgan fingerprint density at radius 3 is 2.70 bits per heavy atom. The summed E-state index contributed by atoms with van der Waals surface area (Å²) < 4.78 is 10.6. The summed E-state index contributed by atoms with van der Waals surface area (Å²) in [7, 11) is 3.26. The summed E-state index contributed by atoms with van der Waals surface area (Å²) >= 11 is 0. The fourth-order valence-corrected chi connectivity index (χ4v) is 2.61. The molecule has 1 aliphatic rings. The molecule has 0 aromatic heterocycles. The molecule has 1 heterocycles. The largest absolute Gasteiger partial charge is 0.497 e. The number of benzene rings is 1. The highest BCUT2D eigenvalue weighted by molar-refractivity contribution is 5.74. The summed E-state index contributed by atoms with van der Waals surface area (Å²) in [5.74, 6) is 0.855. The highest BCUT2D eigenvalue weighted by Crippen LogP contribution is 2.33. The van der Waals surface area contributed by atoms with Crippen molar-refractivity contribution in [1.29, 1.82) is 0 Å². The van der Waals surface area contributed by atoms with E-state index in [1.54, 1.807) is 21.1 Å². The van der Waals surface area contributed by atoms with Gasteiger partial charge < -0.3 is 14.6 Å². The van der Waals surface area contributed by atoms with Gasteiger partial charge in [-0.3, -0.25) is 9.69 Å². The Morgan fingerprint density at radius 2 is 2.15 bits per heavy atom. The lowest BCUT2D eigenvalue weighted by Crippen LogP contribution is -2.31. The molecule has 1 N–H and O–H groups in total. The first-order valence-electron chi connectivity index (χ1n) is 6.65. The summed E-state index contributed by atoms with van der Waals surface area (Å²) in [5, 5.41) is 9.27. The molecular weight excluding hydrogens is 258 g/mol. The SMILES string of the molecule is COc1ccc(OC)c(CN2CCC(C)(C(=O)O)C2)c1. The Balaban J connectivity index is 2.13. The van der Waals surface area contributed by atoms with Crippen molar-refractivity contribution in [3.63, 3.8) is 0 Å². The maximum atomic E-state index is 11.3. The second-order valence-electron chi connectivity index (χ2n) is 5.50. The Bertz CT molecular complexity index is 503. The number of aliphatic carboxylic acids is 1. The predicted molar refractivity (Wildman–Crippen MR) is 75.2 cm³/mol. The zero-order valence-electron chi connectivity index (χ0n) is 12.2. The van der Waals surface area contributed by atoms with E-state index in [1.807, 2.05) is 18.2 Å². The fraction of sp³-hybridized carbons (Fsp3) is 0.533. The topological polar surface area (TPSA) is 59.0 Å². The molecule has 0 radical (unpaired) electrons. The molecule has 1 unspecified atom stereocenters. The number of carboxylic acids is 1. The van der Waals surface area contributed by atoms with Crippen molar-refractivity contribution in [2.24, 2.45) is 5.41 Å². The number of ether oxygens (including phenoxy) is 2. The van der Waals surface area contributed by atoms with Crippen molar-refractivity contribution in [2.75, 3.05) is 27.3 Å². The highest BCUT2D eigenvalue weighted by Gasteiger charge is 2.40. The molecule has 0 bridgehead atoms. The molecule has 0 spiro atoms. The van der Waals surface area contributed by atoms with Crippen LogP contribution in [0.2, 0.25) is 0 Å². The van der Waals surface area contributed by atoms with Gasteiger partial charge in [0.1, 0.15) is 11.5 Å². The van der Waals surface area contributed by atoms with Crippen LogP contribution in [0.15, 0.2) is 18.2 Å². The summed E-state index contributed by atoms with van der Waals surface area (Å²) in [6, 6.07) is 5.67. The third-order valence-electron chi connectivity index (χ3n) is 3.95. The molecule has 1 saturated heterocycles. The Kier molecular flexibility index (Phi) is 4.18. The molecule has 1 aromatic rings. The quantitative estimate of drug-likeness (QED) is 0.893. The Morgan fingerprint density at radius 1 is 1.40 bits per heavy atom. The van der Waals surface area contributed by atoms with E-state index in [4.69, 9.17) is 9.47 Å². The number of carbonyl (C=O) groups is 1. The van der Waals surface area contributed by atoms with Gasteiger partial charge in [-0.15, -0.1) is 0 Å². The standard InChI is InChI=1S/C15H21NO4/c1-15(14(17)18)6-7-16(10-15)9-11-8-12(19-2)4-5-13(11)20-3/h4-5,8H,6-7,9-10H2,1-3H3,(H,17,18). The average Bonchev–Trinajstić information content (AvgIpc) is 2.81. The molecule has 1 aromatic carbocycles. The number of methoxy groups -OCH3 is 2. The number of rotatable bonds is 5. The number of hydrogen-bond donors (Lipinski definition) is 1. The van der Waals surface area contributed by atoms with Crippen LogP contribution in [0.1, 0.15) is 18.9 Å². The van der Waals surface area contributed by atoms with Gasteiger partial charge in [-0.05, 0) is 38.1 Å². The summed E-state index contributed by atoms with van der Waals surface area (Å²) in [5.41, 5.74) is 0.369. The zero-order chi connectivity index (χ0) is 14.8. The normalized spacial score (nSPS) is 22.8. The number of likely N-dealkylation sites (tertiary alicyclic amines) is 1. The van der Waals surface area contributed by atoms with Gasteiger partial charge in [-0.2, -0.15) is 0 Å². The minimum absolute atomic E-state index is 0.558. The smallest absolute Gasteiger partial charge is 0.310 e. The maximum absolute atomic E-state index is 11.3. The number of hydrogen-bond acceptors (Lipinski definition) is 4. The van der Waals surface area contributed by atoms with Gasteiger partial charge in [-0.1, -0.05) is 0 Å². The lowest BCUT2D eigenvalue weighted by atomic mass is 9.90. The van der Waals surface area contributed by atoms with Crippen LogP contribution in [0, 0.1) is 5.41 Å². The second-order valence-corrected chi connectivity index (χ2v) is 5.50. The minimum Gasteiger partial charge on any atom is -0.497 e.